The molecule has 1 N–H and O–H groups in total. The Morgan fingerprint density at radius 1 is 1.19 bits per heavy atom. The minimum atomic E-state index is -0.269. The van der Waals surface area contributed by atoms with Gasteiger partial charge in [0.15, 0.2) is 0 Å². The molecule has 0 aliphatic rings. The maximum absolute atomic E-state index is 12.3. The number of carbonyl (C=O) groups excluding carboxylic acids is 1. The van der Waals surface area contributed by atoms with Crippen molar-refractivity contribution >= 4 is 34.5 Å². The Bertz CT molecular complexity index is 881. The van der Waals surface area contributed by atoms with E-state index in [-0.39, 0.29) is 5.91 Å². The highest BCUT2D eigenvalue weighted by Crippen LogP contribution is 2.26. The van der Waals surface area contributed by atoms with Crippen molar-refractivity contribution in [1.29, 1.82) is 0 Å². The normalized spacial score (nSPS) is 10.5. The monoisotopic (exact) mass is 388 g/mol. The van der Waals surface area contributed by atoms with Crippen LogP contribution in [0.5, 0.6) is 5.75 Å². The maximum Gasteiger partial charge on any atom is 0.275 e. The van der Waals surface area contributed by atoms with Gasteiger partial charge in [-0.1, -0.05) is 17.7 Å². The van der Waals surface area contributed by atoms with Gasteiger partial charge in [0.05, 0.1) is 6.61 Å². The van der Waals surface area contributed by atoms with Crippen LogP contribution in [-0.4, -0.2) is 31.2 Å². The molecule has 0 aliphatic carbocycles. The molecule has 1 aromatic heterocycles. The molecule has 1 amide bonds. The molecular formula is C19H17ClN2O3S. The lowest BCUT2D eigenvalue weighted by atomic mass is 10.2. The van der Waals surface area contributed by atoms with Gasteiger partial charge in [-0.15, -0.1) is 11.3 Å². The van der Waals surface area contributed by atoms with Crippen molar-refractivity contribution in [3.8, 4) is 16.3 Å². The van der Waals surface area contributed by atoms with Crippen molar-refractivity contribution in [2.75, 3.05) is 25.6 Å². The number of nitrogens with zero attached hydrogens (tertiary/aromatic N) is 1. The fourth-order valence-electron chi connectivity index (χ4n) is 2.21. The minimum absolute atomic E-state index is 0.269. The van der Waals surface area contributed by atoms with Crippen LogP contribution in [0.2, 0.25) is 5.02 Å². The van der Waals surface area contributed by atoms with E-state index in [2.05, 4.69) is 10.3 Å². The number of hydrogen-bond donors (Lipinski definition) is 1. The van der Waals surface area contributed by atoms with Gasteiger partial charge in [0.25, 0.3) is 5.91 Å². The Morgan fingerprint density at radius 2 is 2.00 bits per heavy atom. The Balaban J connectivity index is 1.66. The van der Waals surface area contributed by atoms with Crippen LogP contribution in [0.1, 0.15) is 10.5 Å². The van der Waals surface area contributed by atoms with Crippen molar-refractivity contribution in [2.24, 2.45) is 0 Å². The summed E-state index contributed by atoms with van der Waals surface area (Å²) in [7, 11) is 1.63. The summed E-state index contributed by atoms with van der Waals surface area (Å²) in [5.74, 6) is 0.496. The van der Waals surface area contributed by atoms with Crippen LogP contribution in [0.3, 0.4) is 0 Å². The molecule has 5 nitrogen and oxygen atoms in total. The first-order chi connectivity index (χ1) is 12.7. The van der Waals surface area contributed by atoms with Gasteiger partial charge in [0, 0.05) is 28.8 Å². The van der Waals surface area contributed by atoms with Crippen molar-refractivity contribution < 1.29 is 14.3 Å². The second-order valence-electron chi connectivity index (χ2n) is 5.37. The summed E-state index contributed by atoms with van der Waals surface area (Å²) in [4.78, 5) is 16.7. The number of hydrogen-bond acceptors (Lipinski definition) is 5. The highest BCUT2D eigenvalue weighted by atomic mass is 35.5. The third kappa shape index (κ3) is 4.82. The van der Waals surface area contributed by atoms with Crippen LogP contribution in [0.4, 0.5) is 5.69 Å². The summed E-state index contributed by atoms with van der Waals surface area (Å²) >= 11 is 7.34. The largest absolute Gasteiger partial charge is 0.491 e. The Kier molecular flexibility index (Phi) is 6.22. The van der Waals surface area contributed by atoms with Gasteiger partial charge in [-0.2, -0.15) is 0 Å². The summed E-state index contributed by atoms with van der Waals surface area (Å²) in [6.45, 7) is 1.04. The van der Waals surface area contributed by atoms with Crippen molar-refractivity contribution in [1.82, 2.24) is 4.98 Å². The Hall–Kier alpha value is -2.41. The first-order valence-corrected chi connectivity index (χ1v) is 9.16. The molecule has 0 saturated heterocycles. The van der Waals surface area contributed by atoms with Gasteiger partial charge in [-0.3, -0.25) is 4.79 Å². The van der Waals surface area contributed by atoms with Gasteiger partial charge in [-0.25, -0.2) is 4.98 Å². The number of benzene rings is 2. The second-order valence-corrected chi connectivity index (χ2v) is 6.66. The number of methoxy groups -OCH3 is 1. The molecule has 0 saturated carbocycles. The lowest BCUT2D eigenvalue weighted by Crippen LogP contribution is -2.12. The van der Waals surface area contributed by atoms with Gasteiger partial charge in [-0.05, 0) is 42.5 Å². The van der Waals surface area contributed by atoms with Crippen molar-refractivity contribution in [2.45, 2.75) is 0 Å². The third-order valence-corrected chi connectivity index (χ3v) is 4.60. The molecule has 0 spiro atoms. The standard InChI is InChI=1S/C19H17ClN2O3S/c1-24-9-10-25-16-7-5-13(6-8-16)19-22-17(12-26-19)18(23)21-15-4-2-3-14(20)11-15/h2-8,11-12H,9-10H2,1H3,(H,21,23). The van der Waals surface area contributed by atoms with E-state index in [0.29, 0.717) is 29.6 Å². The van der Waals surface area contributed by atoms with E-state index in [4.69, 9.17) is 21.1 Å². The molecular weight excluding hydrogens is 372 g/mol. The first kappa shape index (κ1) is 18.4. The quantitative estimate of drug-likeness (QED) is 0.594. The molecule has 134 valence electrons. The molecule has 0 radical (unpaired) electrons. The number of carbonyl (C=O) groups is 1. The number of anilines is 1. The van der Waals surface area contributed by atoms with Gasteiger partial charge in [0.2, 0.25) is 0 Å². The molecule has 3 rings (SSSR count). The zero-order valence-corrected chi connectivity index (χ0v) is 15.6. The SMILES string of the molecule is COCCOc1ccc(-c2nc(C(=O)Nc3cccc(Cl)c3)cs2)cc1. The van der Waals surface area contributed by atoms with Crippen molar-refractivity contribution in [3.63, 3.8) is 0 Å². The summed E-state index contributed by atoms with van der Waals surface area (Å²) < 4.78 is 10.5. The Morgan fingerprint density at radius 3 is 2.73 bits per heavy atom. The number of ether oxygens (including phenoxy) is 2. The van der Waals surface area contributed by atoms with E-state index >= 15 is 0 Å². The summed E-state index contributed by atoms with van der Waals surface area (Å²) in [5, 5.41) is 5.86. The number of rotatable bonds is 7. The first-order valence-electron chi connectivity index (χ1n) is 7.90. The van der Waals surface area contributed by atoms with E-state index in [1.54, 1.807) is 36.8 Å². The number of amides is 1. The molecule has 0 aliphatic heterocycles. The summed E-state index contributed by atoms with van der Waals surface area (Å²) in [6, 6.07) is 14.6. The number of thiazole rings is 1. The van der Waals surface area contributed by atoms with E-state index in [9.17, 15) is 4.79 Å². The molecule has 3 aromatic rings. The topological polar surface area (TPSA) is 60.5 Å². The molecule has 0 unspecified atom stereocenters. The highest BCUT2D eigenvalue weighted by molar-refractivity contribution is 7.13. The predicted molar refractivity (Wildman–Crippen MR) is 104 cm³/mol. The molecule has 1 heterocycles. The number of aromatic nitrogens is 1. The van der Waals surface area contributed by atoms with Crippen LogP contribution in [-0.2, 0) is 4.74 Å². The molecule has 0 bridgehead atoms. The fourth-order valence-corrected chi connectivity index (χ4v) is 3.21. The second kappa shape index (κ2) is 8.80. The van der Waals surface area contributed by atoms with E-state index in [0.717, 1.165) is 16.3 Å². The van der Waals surface area contributed by atoms with Crippen LogP contribution in [0, 0.1) is 0 Å². The number of nitrogens with one attached hydrogen (secondary N) is 1. The van der Waals surface area contributed by atoms with Crippen LogP contribution >= 0.6 is 22.9 Å². The van der Waals surface area contributed by atoms with Crippen LogP contribution < -0.4 is 10.1 Å². The zero-order valence-electron chi connectivity index (χ0n) is 14.1. The third-order valence-electron chi connectivity index (χ3n) is 3.48. The van der Waals surface area contributed by atoms with Crippen molar-refractivity contribution in [3.05, 3.63) is 64.6 Å². The molecule has 0 atom stereocenters. The average molecular weight is 389 g/mol. The summed E-state index contributed by atoms with van der Waals surface area (Å²) in [5.41, 5.74) is 1.93. The molecule has 7 heteroatoms. The maximum atomic E-state index is 12.3. The minimum Gasteiger partial charge on any atom is -0.491 e. The van der Waals surface area contributed by atoms with Crippen LogP contribution in [0.15, 0.2) is 53.9 Å². The predicted octanol–water partition coefficient (Wildman–Crippen LogP) is 4.74. The average Bonchev–Trinajstić information content (AvgIpc) is 3.13. The highest BCUT2D eigenvalue weighted by Gasteiger charge is 2.12. The van der Waals surface area contributed by atoms with Gasteiger partial charge >= 0.3 is 0 Å². The zero-order chi connectivity index (χ0) is 18.4. The van der Waals surface area contributed by atoms with Gasteiger partial charge < -0.3 is 14.8 Å². The fraction of sp³-hybridized carbons (Fsp3) is 0.158. The van der Waals surface area contributed by atoms with Gasteiger partial charge in [0.1, 0.15) is 23.1 Å². The summed E-state index contributed by atoms with van der Waals surface area (Å²) in [6.07, 6.45) is 0. The molecule has 2 aromatic carbocycles. The van der Waals surface area contributed by atoms with E-state index in [1.165, 1.54) is 11.3 Å². The lowest BCUT2D eigenvalue weighted by molar-refractivity contribution is 0.102. The Labute approximate surface area is 160 Å². The molecule has 26 heavy (non-hydrogen) atoms. The number of halogens is 1. The smallest absolute Gasteiger partial charge is 0.275 e. The van der Waals surface area contributed by atoms with E-state index < -0.39 is 0 Å². The molecule has 0 fully saturated rings. The van der Waals surface area contributed by atoms with Crippen LogP contribution in [0.25, 0.3) is 10.6 Å². The van der Waals surface area contributed by atoms with E-state index in [1.807, 2.05) is 24.3 Å². The lowest BCUT2D eigenvalue weighted by Gasteiger charge is -2.05.